The van der Waals surface area contributed by atoms with E-state index in [-0.39, 0.29) is 11.9 Å². The largest absolute Gasteiger partial charge is 0.313 e. The zero-order valence-electron chi connectivity index (χ0n) is 11.3. The molecule has 0 spiro atoms. The van der Waals surface area contributed by atoms with Gasteiger partial charge in [0.05, 0.1) is 0 Å². The lowest BCUT2D eigenvalue weighted by Crippen LogP contribution is -2.28. The highest BCUT2D eigenvalue weighted by Gasteiger charge is 2.17. The van der Waals surface area contributed by atoms with Crippen LogP contribution in [0.15, 0.2) is 18.2 Å². The summed E-state index contributed by atoms with van der Waals surface area (Å²) in [4.78, 5) is 2.32. The molecule has 1 atom stereocenters. The topological polar surface area (TPSA) is 15.3 Å². The Balaban J connectivity index is 2.77. The SMILES string of the molecule is CCN(CC)CCC(NC)c1c(F)cccc1Cl. The van der Waals surface area contributed by atoms with Crippen LogP contribution in [0.3, 0.4) is 0 Å². The zero-order valence-corrected chi connectivity index (χ0v) is 12.1. The van der Waals surface area contributed by atoms with Crippen molar-refractivity contribution in [2.24, 2.45) is 0 Å². The van der Waals surface area contributed by atoms with Crippen LogP contribution >= 0.6 is 11.6 Å². The second-order valence-electron chi connectivity index (χ2n) is 4.29. The Bertz CT molecular complexity index is 347. The van der Waals surface area contributed by atoms with Gasteiger partial charge >= 0.3 is 0 Å². The van der Waals surface area contributed by atoms with Gasteiger partial charge in [0.1, 0.15) is 5.82 Å². The Labute approximate surface area is 114 Å². The van der Waals surface area contributed by atoms with Crippen molar-refractivity contribution in [3.05, 3.63) is 34.6 Å². The summed E-state index contributed by atoms with van der Waals surface area (Å²) in [5.74, 6) is -0.235. The number of nitrogens with one attached hydrogen (secondary N) is 1. The molecular weight excluding hydrogens is 251 g/mol. The number of halogens is 2. The lowest BCUT2D eigenvalue weighted by molar-refractivity contribution is 0.283. The van der Waals surface area contributed by atoms with E-state index in [1.807, 2.05) is 7.05 Å². The number of rotatable bonds is 7. The highest BCUT2D eigenvalue weighted by atomic mass is 35.5. The van der Waals surface area contributed by atoms with Gasteiger partial charge < -0.3 is 10.2 Å². The zero-order chi connectivity index (χ0) is 13.5. The first-order chi connectivity index (χ1) is 8.63. The second kappa shape index (κ2) is 7.72. The van der Waals surface area contributed by atoms with Gasteiger partial charge in [-0.05, 0) is 45.2 Å². The van der Waals surface area contributed by atoms with Gasteiger partial charge in [0.2, 0.25) is 0 Å². The number of nitrogens with zero attached hydrogens (tertiary/aromatic N) is 1. The molecule has 0 amide bonds. The number of benzene rings is 1. The summed E-state index contributed by atoms with van der Waals surface area (Å²) in [5, 5.41) is 3.65. The van der Waals surface area contributed by atoms with Crippen LogP contribution in [0.2, 0.25) is 5.02 Å². The molecule has 0 aromatic heterocycles. The summed E-state index contributed by atoms with van der Waals surface area (Å²) < 4.78 is 13.8. The third-order valence-electron chi connectivity index (χ3n) is 3.33. The van der Waals surface area contributed by atoms with Crippen LogP contribution < -0.4 is 5.32 Å². The molecule has 4 heteroatoms. The third-order valence-corrected chi connectivity index (χ3v) is 3.65. The molecule has 0 aliphatic carbocycles. The fourth-order valence-corrected chi connectivity index (χ4v) is 2.42. The number of hydrogen-bond donors (Lipinski definition) is 1. The Kier molecular flexibility index (Phi) is 6.61. The van der Waals surface area contributed by atoms with Gasteiger partial charge in [-0.25, -0.2) is 4.39 Å². The van der Waals surface area contributed by atoms with E-state index in [4.69, 9.17) is 11.6 Å². The van der Waals surface area contributed by atoms with E-state index in [2.05, 4.69) is 24.1 Å². The molecule has 1 rings (SSSR count). The second-order valence-corrected chi connectivity index (χ2v) is 4.70. The first-order valence-electron chi connectivity index (χ1n) is 6.47. The molecule has 0 fully saturated rings. The minimum absolute atomic E-state index is 0.0423. The molecule has 1 N–H and O–H groups in total. The average molecular weight is 273 g/mol. The predicted octanol–water partition coefficient (Wildman–Crippen LogP) is 3.47. The normalized spacial score (nSPS) is 13.0. The summed E-state index contributed by atoms with van der Waals surface area (Å²) in [6, 6.07) is 4.79. The van der Waals surface area contributed by atoms with Crippen molar-refractivity contribution in [1.29, 1.82) is 0 Å². The average Bonchev–Trinajstić information content (AvgIpc) is 2.37. The lowest BCUT2D eigenvalue weighted by atomic mass is 10.0. The van der Waals surface area contributed by atoms with E-state index in [0.717, 1.165) is 26.1 Å². The molecule has 0 saturated carbocycles. The predicted molar refractivity (Wildman–Crippen MR) is 75.6 cm³/mol. The van der Waals surface area contributed by atoms with E-state index < -0.39 is 0 Å². The molecule has 0 aliphatic rings. The van der Waals surface area contributed by atoms with Crippen LogP contribution in [0.25, 0.3) is 0 Å². The first kappa shape index (κ1) is 15.4. The van der Waals surface area contributed by atoms with Crippen LogP contribution in [0.1, 0.15) is 31.9 Å². The standard InChI is InChI=1S/C14H22ClFN2/c1-4-18(5-2)10-9-13(17-3)14-11(15)7-6-8-12(14)16/h6-8,13,17H,4-5,9-10H2,1-3H3. The molecule has 0 heterocycles. The number of hydrogen-bond acceptors (Lipinski definition) is 2. The van der Waals surface area contributed by atoms with Gasteiger partial charge in [0.25, 0.3) is 0 Å². The highest BCUT2D eigenvalue weighted by molar-refractivity contribution is 6.31. The van der Waals surface area contributed by atoms with Gasteiger partial charge in [-0.2, -0.15) is 0 Å². The highest BCUT2D eigenvalue weighted by Crippen LogP contribution is 2.27. The van der Waals surface area contributed by atoms with Crippen molar-refractivity contribution in [3.8, 4) is 0 Å². The van der Waals surface area contributed by atoms with E-state index in [1.54, 1.807) is 12.1 Å². The Hall–Kier alpha value is -0.640. The van der Waals surface area contributed by atoms with E-state index in [0.29, 0.717) is 10.6 Å². The molecule has 0 radical (unpaired) electrons. The molecule has 102 valence electrons. The summed E-state index contributed by atoms with van der Waals surface area (Å²) in [6.45, 7) is 7.22. The first-order valence-corrected chi connectivity index (χ1v) is 6.85. The fraction of sp³-hybridized carbons (Fsp3) is 0.571. The van der Waals surface area contributed by atoms with Gasteiger partial charge in [-0.3, -0.25) is 0 Å². The fourth-order valence-electron chi connectivity index (χ4n) is 2.13. The van der Waals surface area contributed by atoms with E-state index in [9.17, 15) is 4.39 Å². The molecule has 1 unspecified atom stereocenters. The van der Waals surface area contributed by atoms with Crippen molar-refractivity contribution < 1.29 is 4.39 Å². The van der Waals surface area contributed by atoms with Gasteiger partial charge in [-0.1, -0.05) is 31.5 Å². The summed E-state index contributed by atoms with van der Waals surface area (Å²) in [7, 11) is 1.84. The maximum atomic E-state index is 13.8. The van der Waals surface area contributed by atoms with Crippen LogP contribution in [0.5, 0.6) is 0 Å². The van der Waals surface area contributed by atoms with Crippen molar-refractivity contribution in [1.82, 2.24) is 10.2 Å². The molecule has 0 saturated heterocycles. The molecule has 0 aliphatic heterocycles. The molecule has 1 aromatic carbocycles. The molecule has 0 bridgehead atoms. The van der Waals surface area contributed by atoms with Crippen molar-refractivity contribution in [2.75, 3.05) is 26.7 Å². The Morgan fingerprint density at radius 3 is 2.50 bits per heavy atom. The van der Waals surface area contributed by atoms with Crippen LogP contribution in [-0.2, 0) is 0 Å². The maximum Gasteiger partial charge on any atom is 0.129 e. The molecular formula is C14H22ClFN2. The molecule has 2 nitrogen and oxygen atoms in total. The van der Waals surface area contributed by atoms with Crippen LogP contribution in [0, 0.1) is 5.82 Å². The Morgan fingerprint density at radius 2 is 2.00 bits per heavy atom. The van der Waals surface area contributed by atoms with Crippen LogP contribution in [-0.4, -0.2) is 31.6 Å². The minimum Gasteiger partial charge on any atom is -0.313 e. The van der Waals surface area contributed by atoms with Crippen LogP contribution in [0.4, 0.5) is 4.39 Å². The van der Waals surface area contributed by atoms with Crippen molar-refractivity contribution >= 4 is 11.6 Å². The summed E-state index contributed by atoms with van der Waals surface area (Å²) >= 11 is 6.09. The summed E-state index contributed by atoms with van der Waals surface area (Å²) in [5.41, 5.74) is 0.578. The van der Waals surface area contributed by atoms with E-state index in [1.165, 1.54) is 6.07 Å². The van der Waals surface area contributed by atoms with Gasteiger partial charge in [0.15, 0.2) is 0 Å². The minimum atomic E-state index is -0.235. The van der Waals surface area contributed by atoms with Gasteiger partial charge in [-0.15, -0.1) is 0 Å². The van der Waals surface area contributed by atoms with Gasteiger partial charge in [0, 0.05) is 16.6 Å². The summed E-state index contributed by atoms with van der Waals surface area (Å²) in [6.07, 6.45) is 0.846. The van der Waals surface area contributed by atoms with Crippen molar-refractivity contribution in [3.63, 3.8) is 0 Å². The third kappa shape index (κ3) is 3.94. The van der Waals surface area contributed by atoms with E-state index >= 15 is 0 Å². The monoisotopic (exact) mass is 272 g/mol. The molecule has 18 heavy (non-hydrogen) atoms. The Morgan fingerprint density at radius 1 is 1.33 bits per heavy atom. The quantitative estimate of drug-likeness (QED) is 0.818. The lowest BCUT2D eigenvalue weighted by Gasteiger charge is -2.23. The van der Waals surface area contributed by atoms with Crippen molar-refractivity contribution in [2.45, 2.75) is 26.3 Å². The molecule has 1 aromatic rings. The smallest absolute Gasteiger partial charge is 0.129 e. The maximum absolute atomic E-state index is 13.8.